The number of nitrogens with zero attached hydrogens (tertiary/aromatic N) is 1. The molecular weight excluding hydrogens is 278 g/mol. The van der Waals surface area contributed by atoms with Gasteiger partial charge in [0.25, 0.3) is 0 Å². The quantitative estimate of drug-likeness (QED) is 0.822. The van der Waals surface area contributed by atoms with E-state index in [1.807, 2.05) is 12.1 Å². The molecule has 0 saturated carbocycles. The number of H-pyrrole nitrogens is 1. The van der Waals surface area contributed by atoms with Gasteiger partial charge in [0.1, 0.15) is 11.6 Å². The largest absolute Gasteiger partial charge is 0.491 e. The smallest absolute Gasteiger partial charge is 0.223 e. The summed E-state index contributed by atoms with van der Waals surface area (Å²) in [5.74, 6) is 1.40. The molecule has 1 aromatic heterocycles. The van der Waals surface area contributed by atoms with E-state index in [0.29, 0.717) is 36.8 Å². The van der Waals surface area contributed by atoms with Gasteiger partial charge >= 0.3 is 0 Å². The molecule has 0 radical (unpaired) electrons. The monoisotopic (exact) mass is 293 g/mol. The van der Waals surface area contributed by atoms with E-state index in [1.165, 1.54) is 0 Å². The average molecular weight is 294 g/mol. The van der Waals surface area contributed by atoms with Gasteiger partial charge in [0, 0.05) is 25.4 Å². The molecule has 0 atom stereocenters. The molecule has 0 spiro atoms. The molecule has 6 heteroatoms. The van der Waals surface area contributed by atoms with E-state index in [0.717, 1.165) is 5.82 Å². The molecule has 106 valence electrons. The van der Waals surface area contributed by atoms with Crippen LogP contribution in [0.25, 0.3) is 0 Å². The number of aromatic amines is 1. The SMILES string of the molecule is O=C(CCOc1ccccc1Cl)NCCc1ncc[nH]1. The van der Waals surface area contributed by atoms with Crippen LogP contribution in [-0.4, -0.2) is 29.0 Å². The first-order chi connectivity index (χ1) is 9.75. The highest BCUT2D eigenvalue weighted by Gasteiger charge is 2.04. The Labute approximate surface area is 122 Å². The lowest BCUT2D eigenvalue weighted by molar-refractivity contribution is -0.121. The van der Waals surface area contributed by atoms with Crippen molar-refractivity contribution >= 4 is 17.5 Å². The molecule has 20 heavy (non-hydrogen) atoms. The number of carbonyl (C=O) groups excluding carboxylic acids is 1. The summed E-state index contributed by atoms with van der Waals surface area (Å²) in [6.45, 7) is 0.856. The lowest BCUT2D eigenvalue weighted by Crippen LogP contribution is -2.27. The molecule has 0 aliphatic carbocycles. The summed E-state index contributed by atoms with van der Waals surface area (Å²) < 4.78 is 5.45. The van der Waals surface area contributed by atoms with Crippen molar-refractivity contribution in [3.8, 4) is 5.75 Å². The molecule has 2 N–H and O–H groups in total. The van der Waals surface area contributed by atoms with Gasteiger partial charge in [-0.05, 0) is 12.1 Å². The number of benzene rings is 1. The number of imidazole rings is 1. The topological polar surface area (TPSA) is 67.0 Å². The van der Waals surface area contributed by atoms with Crippen LogP contribution in [0.4, 0.5) is 0 Å². The van der Waals surface area contributed by atoms with Crippen LogP contribution >= 0.6 is 11.6 Å². The van der Waals surface area contributed by atoms with E-state index in [9.17, 15) is 4.79 Å². The van der Waals surface area contributed by atoms with Gasteiger partial charge in [-0.15, -0.1) is 0 Å². The molecule has 0 unspecified atom stereocenters. The van der Waals surface area contributed by atoms with Gasteiger partial charge in [0.2, 0.25) is 5.91 Å². The number of halogens is 1. The van der Waals surface area contributed by atoms with Crippen molar-refractivity contribution in [2.75, 3.05) is 13.2 Å². The fraction of sp³-hybridized carbons (Fsp3) is 0.286. The highest BCUT2D eigenvalue weighted by atomic mass is 35.5. The highest BCUT2D eigenvalue weighted by Crippen LogP contribution is 2.22. The van der Waals surface area contributed by atoms with Crippen LogP contribution in [0.1, 0.15) is 12.2 Å². The van der Waals surface area contributed by atoms with E-state index in [1.54, 1.807) is 24.5 Å². The average Bonchev–Trinajstić information content (AvgIpc) is 2.94. The van der Waals surface area contributed by atoms with Crippen LogP contribution in [0, 0.1) is 0 Å². The second kappa shape index (κ2) is 7.55. The minimum absolute atomic E-state index is 0.0522. The van der Waals surface area contributed by atoms with Gasteiger partial charge < -0.3 is 15.0 Å². The predicted molar refractivity (Wildman–Crippen MR) is 76.9 cm³/mol. The number of nitrogens with one attached hydrogen (secondary N) is 2. The Morgan fingerprint density at radius 2 is 2.25 bits per heavy atom. The predicted octanol–water partition coefficient (Wildman–Crippen LogP) is 2.19. The van der Waals surface area contributed by atoms with Crippen molar-refractivity contribution in [2.24, 2.45) is 0 Å². The third-order valence-electron chi connectivity index (χ3n) is 2.66. The Kier molecular flexibility index (Phi) is 5.43. The molecular formula is C14H16ClN3O2. The fourth-order valence-corrected chi connectivity index (χ4v) is 1.85. The van der Waals surface area contributed by atoms with Crippen molar-refractivity contribution in [1.82, 2.24) is 15.3 Å². The molecule has 2 aromatic rings. The number of para-hydroxylation sites is 1. The molecule has 0 aliphatic heterocycles. The summed E-state index contributed by atoms with van der Waals surface area (Å²) in [6, 6.07) is 7.19. The third-order valence-corrected chi connectivity index (χ3v) is 2.97. The molecule has 1 amide bonds. The van der Waals surface area contributed by atoms with Gasteiger partial charge in [-0.3, -0.25) is 4.79 Å². The Bertz CT molecular complexity index is 543. The zero-order valence-electron chi connectivity index (χ0n) is 10.9. The molecule has 0 aliphatic rings. The summed E-state index contributed by atoms with van der Waals surface area (Å²) >= 11 is 5.94. The summed E-state index contributed by atoms with van der Waals surface area (Å²) in [6.07, 6.45) is 4.43. The molecule has 0 bridgehead atoms. The fourth-order valence-electron chi connectivity index (χ4n) is 1.66. The van der Waals surface area contributed by atoms with E-state index in [2.05, 4.69) is 15.3 Å². The van der Waals surface area contributed by atoms with Crippen LogP contribution in [0.5, 0.6) is 5.75 Å². The number of hydrogen-bond donors (Lipinski definition) is 2. The van der Waals surface area contributed by atoms with E-state index >= 15 is 0 Å². The van der Waals surface area contributed by atoms with Gasteiger partial charge in [-0.25, -0.2) is 4.98 Å². The molecule has 1 aromatic carbocycles. The molecule has 2 rings (SSSR count). The number of hydrogen-bond acceptors (Lipinski definition) is 3. The van der Waals surface area contributed by atoms with Crippen molar-refractivity contribution in [3.05, 3.63) is 47.5 Å². The number of rotatable bonds is 7. The maximum absolute atomic E-state index is 11.6. The Hall–Kier alpha value is -2.01. The van der Waals surface area contributed by atoms with Crippen LogP contribution < -0.4 is 10.1 Å². The second-order valence-electron chi connectivity index (χ2n) is 4.16. The van der Waals surface area contributed by atoms with E-state index < -0.39 is 0 Å². The number of aromatic nitrogens is 2. The summed E-state index contributed by atoms with van der Waals surface area (Å²) in [5.41, 5.74) is 0. The van der Waals surface area contributed by atoms with Crippen molar-refractivity contribution < 1.29 is 9.53 Å². The Balaban J connectivity index is 1.62. The van der Waals surface area contributed by atoms with Crippen LogP contribution in [-0.2, 0) is 11.2 Å². The molecule has 0 saturated heterocycles. The summed E-state index contributed by atoms with van der Waals surface area (Å²) in [5, 5.41) is 3.36. The van der Waals surface area contributed by atoms with Gasteiger partial charge in [-0.1, -0.05) is 23.7 Å². The highest BCUT2D eigenvalue weighted by molar-refractivity contribution is 6.32. The minimum Gasteiger partial charge on any atom is -0.491 e. The standard InChI is InChI=1S/C14H16ClN3O2/c15-11-3-1-2-4-12(11)20-10-6-14(19)18-7-5-13-16-8-9-17-13/h1-4,8-9H,5-7,10H2,(H,16,17)(H,18,19). The zero-order chi connectivity index (χ0) is 14.2. The Morgan fingerprint density at radius 1 is 1.40 bits per heavy atom. The van der Waals surface area contributed by atoms with Gasteiger partial charge in [0.05, 0.1) is 18.1 Å². The van der Waals surface area contributed by atoms with Crippen molar-refractivity contribution in [2.45, 2.75) is 12.8 Å². The maximum atomic E-state index is 11.6. The Morgan fingerprint density at radius 3 is 3.00 bits per heavy atom. The van der Waals surface area contributed by atoms with E-state index in [-0.39, 0.29) is 5.91 Å². The normalized spacial score (nSPS) is 10.2. The van der Waals surface area contributed by atoms with Crippen LogP contribution in [0.2, 0.25) is 5.02 Å². The first kappa shape index (κ1) is 14.4. The van der Waals surface area contributed by atoms with Gasteiger partial charge in [-0.2, -0.15) is 0 Å². The number of amides is 1. The maximum Gasteiger partial charge on any atom is 0.223 e. The van der Waals surface area contributed by atoms with Crippen LogP contribution in [0.3, 0.4) is 0 Å². The molecule has 1 heterocycles. The van der Waals surface area contributed by atoms with Crippen LogP contribution in [0.15, 0.2) is 36.7 Å². The lowest BCUT2D eigenvalue weighted by atomic mass is 10.3. The first-order valence-corrected chi connectivity index (χ1v) is 6.76. The minimum atomic E-state index is -0.0522. The van der Waals surface area contributed by atoms with Crippen molar-refractivity contribution in [1.29, 1.82) is 0 Å². The number of ether oxygens (including phenoxy) is 1. The van der Waals surface area contributed by atoms with Crippen molar-refractivity contribution in [3.63, 3.8) is 0 Å². The second-order valence-corrected chi connectivity index (χ2v) is 4.57. The zero-order valence-corrected chi connectivity index (χ0v) is 11.7. The molecule has 5 nitrogen and oxygen atoms in total. The third kappa shape index (κ3) is 4.59. The summed E-state index contributed by atoms with van der Waals surface area (Å²) in [4.78, 5) is 18.7. The van der Waals surface area contributed by atoms with E-state index in [4.69, 9.17) is 16.3 Å². The number of carbonyl (C=O) groups is 1. The molecule has 0 fully saturated rings. The lowest BCUT2D eigenvalue weighted by Gasteiger charge is -2.08. The van der Waals surface area contributed by atoms with Gasteiger partial charge in [0.15, 0.2) is 0 Å². The summed E-state index contributed by atoms with van der Waals surface area (Å²) in [7, 11) is 0. The first-order valence-electron chi connectivity index (χ1n) is 6.38.